The number of aliphatic carboxylic acids is 1. The van der Waals surface area contributed by atoms with E-state index in [2.05, 4.69) is 0 Å². The summed E-state index contributed by atoms with van der Waals surface area (Å²) in [5.41, 5.74) is 0.282. The van der Waals surface area contributed by atoms with Crippen LogP contribution in [0.4, 0.5) is 0 Å². The molecule has 2 aliphatic rings. The average molecular weight is 272 g/mol. The third kappa shape index (κ3) is 1.75. The first-order valence-electron chi connectivity index (χ1n) is 5.99. The van der Waals surface area contributed by atoms with Gasteiger partial charge in [0.1, 0.15) is 5.41 Å². The van der Waals surface area contributed by atoms with E-state index in [1.54, 1.807) is 6.08 Å². The molecule has 1 aliphatic heterocycles. The van der Waals surface area contributed by atoms with Crippen LogP contribution in [0.3, 0.4) is 0 Å². The molecule has 96 valence electrons. The number of allylic oxidation sites excluding steroid dienone is 2. The lowest BCUT2D eigenvalue weighted by Gasteiger charge is -2.29. The van der Waals surface area contributed by atoms with Gasteiger partial charge in [-0.25, -0.2) is 0 Å². The molecule has 1 unspecified atom stereocenters. The number of hydrogen-bond donors (Lipinski definition) is 1. The number of carboxylic acid groups (broad SMARTS) is 1. The van der Waals surface area contributed by atoms with Gasteiger partial charge < -0.3 is 5.11 Å². The minimum Gasteiger partial charge on any atom is -0.480 e. The molecule has 1 atom stereocenters. The van der Waals surface area contributed by atoms with Gasteiger partial charge in [0, 0.05) is 21.8 Å². The molecule has 1 aliphatic carbocycles. The Balaban J connectivity index is 2.05. The van der Waals surface area contributed by atoms with Crippen LogP contribution in [0.15, 0.2) is 51.8 Å². The van der Waals surface area contributed by atoms with Crippen LogP contribution in [0.2, 0.25) is 0 Å². The van der Waals surface area contributed by atoms with Crippen LogP contribution in [0.5, 0.6) is 0 Å². The van der Waals surface area contributed by atoms with Gasteiger partial charge in [-0.15, -0.1) is 0 Å². The Kier molecular flexibility index (Phi) is 2.64. The van der Waals surface area contributed by atoms with E-state index in [0.717, 1.165) is 15.4 Å². The number of thioether (sulfide) groups is 1. The topological polar surface area (TPSA) is 54.4 Å². The summed E-state index contributed by atoms with van der Waals surface area (Å²) in [6, 6.07) is 7.90. The summed E-state index contributed by atoms with van der Waals surface area (Å²) in [6.45, 7) is 1.46. The predicted molar refractivity (Wildman–Crippen MR) is 72.9 cm³/mol. The molecule has 1 N–H and O–H groups in total. The fourth-order valence-electron chi connectivity index (χ4n) is 2.33. The molecule has 1 aromatic rings. The summed E-state index contributed by atoms with van der Waals surface area (Å²) >= 11 is 1.54. The Bertz CT molecular complexity index is 657. The zero-order valence-electron chi connectivity index (χ0n) is 10.3. The molecule has 0 radical (unpaired) electrons. The molecule has 1 aromatic carbocycles. The van der Waals surface area contributed by atoms with Crippen molar-refractivity contribution in [3.05, 3.63) is 52.5 Å². The van der Waals surface area contributed by atoms with Crippen molar-refractivity contribution in [3.63, 3.8) is 0 Å². The van der Waals surface area contributed by atoms with Gasteiger partial charge in [-0.1, -0.05) is 42.1 Å². The van der Waals surface area contributed by atoms with Gasteiger partial charge >= 0.3 is 5.97 Å². The molecule has 0 saturated heterocycles. The molecule has 3 rings (SSSR count). The Morgan fingerprint density at radius 1 is 1.37 bits per heavy atom. The van der Waals surface area contributed by atoms with Crippen LogP contribution in [-0.4, -0.2) is 16.9 Å². The van der Waals surface area contributed by atoms with E-state index >= 15 is 0 Å². The lowest BCUT2D eigenvalue weighted by Crippen LogP contribution is -2.38. The fourth-order valence-corrected chi connectivity index (χ4v) is 3.41. The van der Waals surface area contributed by atoms with E-state index in [9.17, 15) is 14.7 Å². The standard InChI is InChI=1S/C15H12O3S/c1-15(14(17)18)7-6-12-10(13(15)16)8-9-4-2-3-5-11(9)19-12/h2-7H,8H2,1H3,(H,17,18). The van der Waals surface area contributed by atoms with Crippen LogP contribution in [0.1, 0.15) is 12.5 Å². The second kappa shape index (κ2) is 4.10. The van der Waals surface area contributed by atoms with E-state index in [1.165, 1.54) is 24.8 Å². The van der Waals surface area contributed by atoms with E-state index < -0.39 is 11.4 Å². The highest BCUT2D eigenvalue weighted by molar-refractivity contribution is 8.03. The fraction of sp³-hybridized carbons (Fsp3) is 0.200. The zero-order valence-corrected chi connectivity index (χ0v) is 11.2. The van der Waals surface area contributed by atoms with Crippen LogP contribution in [0.25, 0.3) is 0 Å². The molecule has 4 heteroatoms. The van der Waals surface area contributed by atoms with Crippen molar-refractivity contribution in [2.75, 3.05) is 0 Å². The summed E-state index contributed by atoms with van der Waals surface area (Å²) < 4.78 is 0. The van der Waals surface area contributed by atoms with E-state index in [4.69, 9.17) is 0 Å². The maximum atomic E-state index is 12.4. The van der Waals surface area contributed by atoms with Gasteiger partial charge in [0.25, 0.3) is 0 Å². The minimum atomic E-state index is -1.42. The highest BCUT2D eigenvalue weighted by atomic mass is 32.2. The molecule has 3 nitrogen and oxygen atoms in total. The smallest absolute Gasteiger partial charge is 0.321 e. The summed E-state index contributed by atoms with van der Waals surface area (Å²) in [4.78, 5) is 25.7. The first kappa shape index (κ1) is 12.2. The van der Waals surface area contributed by atoms with Crippen LogP contribution >= 0.6 is 11.8 Å². The number of benzene rings is 1. The number of carbonyl (C=O) groups is 2. The van der Waals surface area contributed by atoms with Crippen molar-refractivity contribution >= 4 is 23.5 Å². The highest BCUT2D eigenvalue weighted by Crippen LogP contribution is 2.44. The average Bonchev–Trinajstić information content (AvgIpc) is 2.41. The van der Waals surface area contributed by atoms with E-state index in [1.807, 2.05) is 24.3 Å². The SMILES string of the molecule is CC1(C(=O)O)C=CC2=C(Cc3ccccc3S2)C1=O. The first-order chi connectivity index (χ1) is 9.02. The van der Waals surface area contributed by atoms with E-state index in [-0.39, 0.29) is 5.78 Å². The molecular formula is C15H12O3S. The van der Waals surface area contributed by atoms with Gasteiger partial charge in [-0.2, -0.15) is 0 Å². The second-order valence-electron chi connectivity index (χ2n) is 4.90. The molecule has 0 amide bonds. The molecular weight excluding hydrogens is 260 g/mol. The van der Waals surface area contributed by atoms with E-state index in [0.29, 0.717) is 12.0 Å². The molecule has 0 saturated carbocycles. The summed E-state index contributed by atoms with van der Waals surface area (Å²) in [7, 11) is 0. The minimum absolute atomic E-state index is 0.292. The third-order valence-corrected chi connectivity index (χ3v) is 4.84. The Morgan fingerprint density at radius 3 is 2.84 bits per heavy atom. The highest BCUT2D eigenvalue weighted by Gasteiger charge is 2.44. The maximum absolute atomic E-state index is 12.4. The number of ketones is 1. The number of Topliss-reactive ketones (excluding diaryl/α,β-unsaturated/α-hetero) is 1. The molecule has 0 fully saturated rings. The summed E-state index contributed by atoms with van der Waals surface area (Å²) in [6.07, 6.45) is 3.79. The van der Waals surface area contributed by atoms with Crippen LogP contribution in [-0.2, 0) is 16.0 Å². The van der Waals surface area contributed by atoms with Gasteiger partial charge in [0.2, 0.25) is 0 Å². The largest absolute Gasteiger partial charge is 0.480 e. The predicted octanol–water partition coefficient (Wildman–Crippen LogP) is 2.82. The zero-order chi connectivity index (χ0) is 13.6. The van der Waals surface area contributed by atoms with Crippen molar-refractivity contribution in [1.82, 2.24) is 0 Å². The molecule has 1 heterocycles. The van der Waals surface area contributed by atoms with Crippen molar-refractivity contribution < 1.29 is 14.7 Å². The number of rotatable bonds is 1. The molecule has 0 aromatic heterocycles. The summed E-state index contributed by atoms with van der Waals surface area (Å²) in [5, 5.41) is 9.25. The van der Waals surface area contributed by atoms with Crippen molar-refractivity contribution in [2.24, 2.45) is 5.41 Å². The number of carboxylic acids is 1. The summed E-state index contributed by atoms with van der Waals surface area (Å²) in [5.74, 6) is -1.39. The van der Waals surface area contributed by atoms with Gasteiger partial charge in [0.05, 0.1) is 0 Å². The second-order valence-corrected chi connectivity index (χ2v) is 5.98. The number of hydrogen-bond acceptors (Lipinski definition) is 3. The molecule has 19 heavy (non-hydrogen) atoms. The lowest BCUT2D eigenvalue weighted by atomic mass is 9.77. The normalized spacial score (nSPS) is 25.0. The molecule has 0 spiro atoms. The first-order valence-corrected chi connectivity index (χ1v) is 6.80. The Hall–Kier alpha value is -1.81. The monoisotopic (exact) mass is 272 g/mol. The Labute approximate surface area is 115 Å². The van der Waals surface area contributed by atoms with Crippen molar-refractivity contribution in [3.8, 4) is 0 Å². The molecule has 0 bridgehead atoms. The van der Waals surface area contributed by atoms with Crippen molar-refractivity contribution in [2.45, 2.75) is 18.2 Å². The van der Waals surface area contributed by atoms with Gasteiger partial charge in [0.15, 0.2) is 5.78 Å². The third-order valence-electron chi connectivity index (χ3n) is 3.62. The number of carbonyl (C=O) groups excluding carboxylic acids is 1. The quantitative estimate of drug-likeness (QED) is 0.799. The Morgan fingerprint density at radius 2 is 2.11 bits per heavy atom. The van der Waals surface area contributed by atoms with Crippen molar-refractivity contribution in [1.29, 1.82) is 0 Å². The van der Waals surface area contributed by atoms with Crippen LogP contribution < -0.4 is 0 Å². The maximum Gasteiger partial charge on any atom is 0.321 e. The number of fused-ring (bicyclic) bond motifs is 1. The van der Waals surface area contributed by atoms with Gasteiger partial charge in [-0.05, 0) is 18.6 Å². The lowest BCUT2D eigenvalue weighted by molar-refractivity contribution is -0.149. The van der Waals surface area contributed by atoms with Crippen LogP contribution in [0, 0.1) is 5.41 Å². The van der Waals surface area contributed by atoms with Gasteiger partial charge in [-0.3, -0.25) is 9.59 Å².